The summed E-state index contributed by atoms with van der Waals surface area (Å²) >= 11 is 1.22. The summed E-state index contributed by atoms with van der Waals surface area (Å²) in [6, 6.07) is 0. The number of rotatable bonds is 3. The van der Waals surface area contributed by atoms with E-state index in [9.17, 15) is 0 Å². The number of aromatic nitrogens is 4. The molecule has 6 nitrogen and oxygen atoms in total. The number of hydrogen-bond donors (Lipinski definition) is 1. The Hall–Kier alpha value is -1.47. The van der Waals surface area contributed by atoms with Crippen molar-refractivity contribution in [1.29, 1.82) is 0 Å². The molecule has 0 saturated carbocycles. The Balaban J connectivity index is 2.26. The summed E-state index contributed by atoms with van der Waals surface area (Å²) in [6.45, 7) is 3.67. The van der Waals surface area contributed by atoms with Gasteiger partial charge in [-0.1, -0.05) is 16.4 Å². The molecule has 0 radical (unpaired) electrons. The molecule has 2 rings (SSSR count). The zero-order valence-electron chi connectivity index (χ0n) is 9.26. The molecule has 0 aliphatic heterocycles. The van der Waals surface area contributed by atoms with E-state index >= 15 is 0 Å². The molecule has 0 unspecified atom stereocenters. The van der Waals surface area contributed by atoms with Crippen molar-refractivity contribution in [3.8, 4) is 10.9 Å². The summed E-state index contributed by atoms with van der Waals surface area (Å²) in [7, 11) is 1.86. The molecule has 7 heteroatoms. The van der Waals surface area contributed by atoms with Gasteiger partial charge >= 0.3 is 0 Å². The third-order valence-electron chi connectivity index (χ3n) is 2.22. The molecule has 0 amide bonds. The summed E-state index contributed by atoms with van der Waals surface area (Å²) in [6.07, 6.45) is 0. The van der Waals surface area contributed by atoms with Crippen LogP contribution >= 0.6 is 11.3 Å². The Labute approximate surface area is 96.5 Å². The Morgan fingerprint density at radius 2 is 2.12 bits per heavy atom. The minimum atomic E-state index is -0.119. The first kappa shape index (κ1) is 11.0. The first-order chi connectivity index (χ1) is 7.61. The van der Waals surface area contributed by atoms with Crippen LogP contribution in [0.1, 0.15) is 16.4 Å². The maximum Gasteiger partial charge on any atom is 0.299 e. The Morgan fingerprint density at radius 1 is 1.38 bits per heavy atom. The molecule has 2 heterocycles. The van der Waals surface area contributed by atoms with Gasteiger partial charge in [-0.3, -0.25) is 4.68 Å². The van der Waals surface area contributed by atoms with Crippen LogP contribution in [-0.4, -0.2) is 25.1 Å². The van der Waals surface area contributed by atoms with Crippen LogP contribution < -0.4 is 4.74 Å². The minimum absolute atomic E-state index is 0.119. The highest BCUT2D eigenvalue weighted by molar-refractivity contribution is 7.13. The molecule has 1 N–H and O–H groups in total. The van der Waals surface area contributed by atoms with E-state index in [1.54, 1.807) is 4.68 Å². The molecular formula is C9H12N4O2S. The first-order valence-electron chi connectivity index (χ1n) is 4.73. The lowest BCUT2D eigenvalue weighted by Crippen LogP contribution is -1.93. The molecular weight excluding hydrogens is 228 g/mol. The van der Waals surface area contributed by atoms with Crippen molar-refractivity contribution in [2.45, 2.75) is 20.5 Å². The van der Waals surface area contributed by atoms with Crippen LogP contribution in [0.4, 0.5) is 0 Å². The predicted molar refractivity (Wildman–Crippen MR) is 58.6 cm³/mol. The van der Waals surface area contributed by atoms with Crippen molar-refractivity contribution in [1.82, 2.24) is 20.0 Å². The Morgan fingerprint density at radius 3 is 2.62 bits per heavy atom. The van der Waals surface area contributed by atoms with Crippen molar-refractivity contribution in [2.75, 3.05) is 0 Å². The van der Waals surface area contributed by atoms with Gasteiger partial charge in [0.25, 0.3) is 5.19 Å². The maximum atomic E-state index is 8.87. The summed E-state index contributed by atoms with van der Waals surface area (Å²) in [5.41, 5.74) is 1.74. The van der Waals surface area contributed by atoms with Crippen LogP contribution in [-0.2, 0) is 13.7 Å². The average molecular weight is 240 g/mol. The van der Waals surface area contributed by atoms with Crippen molar-refractivity contribution < 1.29 is 9.84 Å². The molecule has 0 aromatic carbocycles. The largest absolute Gasteiger partial charge is 0.426 e. The first-order valence-corrected chi connectivity index (χ1v) is 5.54. The molecule has 0 fully saturated rings. The van der Waals surface area contributed by atoms with Gasteiger partial charge in [-0.05, 0) is 13.8 Å². The summed E-state index contributed by atoms with van der Waals surface area (Å²) in [5.74, 6) is 0.697. The molecule has 2 aromatic rings. The molecule has 0 spiro atoms. The van der Waals surface area contributed by atoms with Gasteiger partial charge in [0.2, 0.25) is 0 Å². The molecule has 0 aliphatic carbocycles. The van der Waals surface area contributed by atoms with E-state index in [0.717, 1.165) is 11.4 Å². The van der Waals surface area contributed by atoms with Crippen LogP contribution in [0.25, 0.3) is 0 Å². The second-order valence-corrected chi connectivity index (χ2v) is 4.37. The zero-order valence-corrected chi connectivity index (χ0v) is 10.1. The van der Waals surface area contributed by atoms with Gasteiger partial charge < -0.3 is 9.84 Å². The van der Waals surface area contributed by atoms with Gasteiger partial charge in [0.1, 0.15) is 10.7 Å². The fourth-order valence-corrected chi connectivity index (χ4v) is 1.89. The number of ether oxygens (including phenoxy) is 1. The fraction of sp³-hybridized carbons (Fsp3) is 0.444. The molecule has 0 atom stereocenters. The van der Waals surface area contributed by atoms with E-state index in [-0.39, 0.29) is 6.61 Å². The molecule has 0 saturated heterocycles. The predicted octanol–water partition coefficient (Wildman–Crippen LogP) is 1.17. The van der Waals surface area contributed by atoms with E-state index in [0.29, 0.717) is 16.0 Å². The van der Waals surface area contributed by atoms with Crippen LogP contribution in [0.5, 0.6) is 10.9 Å². The quantitative estimate of drug-likeness (QED) is 0.871. The van der Waals surface area contributed by atoms with E-state index in [4.69, 9.17) is 9.84 Å². The van der Waals surface area contributed by atoms with Gasteiger partial charge in [0.05, 0.1) is 12.3 Å². The standard InChI is InChI=1S/C9H12N4O2S/c1-5-8(6(2)13(3)12-5)15-9-11-10-7(4-14)16-9/h14H,4H2,1-3H3. The highest BCUT2D eigenvalue weighted by Crippen LogP contribution is 2.29. The Bertz CT molecular complexity index is 506. The molecule has 0 bridgehead atoms. The summed E-state index contributed by atoms with van der Waals surface area (Å²) < 4.78 is 7.34. The van der Waals surface area contributed by atoms with Crippen molar-refractivity contribution in [3.63, 3.8) is 0 Å². The Kier molecular flexibility index (Phi) is 2.88. The lowest BCUT2D eigenvalue weighted by molar-refractivity contribution is 0.280. The van der Waals surface area contributed by atoms with Crippen molar-refractivity contribution in [2.24, 2.45) is 7.05 Å². The van der Waals surface area contributed by atoms with E-state index < -0.39 is 0 Å². The maximum absolute atomic E-state index is 8.87. The SMILES string of the molecule is Cc1nn(C)c(C)c1Oc1nnc(CO)s1. The lowest BCUT2D eigenvalue weighted by atomic mass is 10.3. The number of hydrogen-bond acceptors (Lipinski definition) is 6. The monoisotopic (exact) mass is 240 g/mol. The molecule has 16 heavy (non-hydrogen) atoms. The molecule has 0 aliphatic rings. The fourth-order valence-electron chi connectivity index (χ4n) is 1.33. The third kappa shape index (κ3) is 1.91. The van der Waals surface area contributed by atoms with E-state index in [2.05, 4.69) is 15.3 Å². The minimum Gasteiger partial charge on any atom is -0.426 e. The second kappa shape index (κ2) is 4.18. The topological polar surface area (TPSA) is 73.1 Å². The highest BCUT2D eigenvalue weighted by atomic mass is 32.1. The van der Waals surface area contributed by atoms with Crippen LogP contribution in [0, 0.1) is 13.8 Å². The number of aryl methyl sites for hydroxylation is 2. The number of aliphatic hydroxyl groups is 1. The third-order valence-corrected chi connectivity index (χ3v) is 3.00. The van der Waals surface area contributed by atoms with Gasteiger partial charge in [0, 0.05) is 7.05 Å². The average Bonchev–Trinajstić information content (AvgIpc) is 2.80. The second-order valence-electron chi connectivity index (χ2n) is 3.35. The summed E-state index contributed by atoms with van der Waals surface area (Å²) in [5, 5.41) is 21.6. The smallest absolute Gasteiger partial charge is 0.299 e. The van der Waals surface area contributed by atoms with Gasteiger partial charge in [0.15, 0.2) is 5.75 Å². The van der Waals surface area contributed by atoms with Crippen molar-refractivity contribution in [3.05, 3.63) is 16.4 Å². The lowest BCUT2D eigenvalue weighted by Gasteiger charge is -2.00. The van der Waals surface area contributed by atoms with Crippen molar-refractivity contribution >= 4 is 11.3 Å². The van der Waals surface area contributed by atoms with E-state index in [1.165, 1.54) is 11.3 Å². The van der Waals surface area contributed by atoms with Crippen LogP contribution in [0.15, 0.2) is 0 Å². The molecule has 2 aromatic heterocycles. The van der Waals surface area contributed by atoms with Crippen LogP contribution in [0.3, 0.4) is 0 Å². The van der Waals surface area contributed by atoms with Gasteiger partial charge in [-0.2, -0.15) is 5.10 Å². The highest BCUT2D eigenvalue weighted by Gasteiger charge is 2.14. The number of aliphatic hydroxyl groups excluding tert-OH is 1. The normalized spacial score (nSPS) is 10.8. The van der Waals surface area contributed by atoms with Crippen LogP contribution in [0.2, 0.25) is 0 Å². The zero-order chi connectivity index (χ0) is 11.7. The molecule has 86 valence electrons. The van der Waals surface area contributed by atoms with E-state index in [1.807, 2.05) is 20.9 Å². The van der Waals surface area contributed by atoms with Gasteiger partial charge in [-0.15, -0.1) is 5.10 Å². The number of nitrogens with zero attached hydrogens (tertiary/aromatic N) is 4. The summed E-state index contributed by atoms with van der Waals surface area (Å²) in [4.78, 5) is 0. The van der Waals surface area contributed by atoms with Gasteiger partial charge in [-0.25, -0.2) is 0 Å².